The lowest BCUT2D eigenvalue weighted by Gasteiger charge is -2.14. The molecule has 1 aliphatic heterocycles. The SMILES string of the molecule is O=C(O)CN1CC[C@H](NC(=O)OCc2ccccc2)C1=O.[HH]. The summed E-state index contributed by atoms with van der Waals surface area (Å²) >= 11 is 0. The number of benzene rings is 1. The van der Waals surface area contributed by atoms with Gasteiger partial charge in [0, 0.05) is 7.97 Å². The summed E-state index contributed by atoms with van der Waals surface area (Å²) in [5, 5.41) is 11.1. The van der Waals surface area contributed by atoms with Crippen LogP contribution in [0.1, 0.15) is 13.4 Å². The number of carboxylic acids is 1. The maximum Gasteiger partial charge on any atom is 0.408 e. The lowest BCUT2D eigenvalue weighted by Crippen LogP contribution is -2.42. The normalized spacial score (nSPS) is 17.6. The number of aliphatic carboxylic acids is 1. The fourth-order valence-corrected chi connectivity index (χ4v) is 2.10. The van der Waals surface area contributed by atoms with Crippen LogP contribution in [0.3, 0.4) is 0 Å². The third-order valence-electron chi connectivity index (χ3n) is 3.13. The quantitative estimate of drug-likeness (QED) is 0.839. The molecule has 1 fully saturated rings. The lowest BCUT2D eigenvalue weighted by molar-refractivity contribution is -0.143. The Hall–Kier alpha value is -2.57. The van der Waals surface area contributed by atoms with E-state index < -0.39 is 24.0 Å². The summed E-state index contributed by atoms with van der Waals surface area (Å²) < 4.78 is 5.02. The molecule has 0 aromatic heterocycles. The van der Waals surface area contributed by atoms with Gasteiger partial charge < -0.3 is 20.1 Å². The number of carboxylic acid groups (broad SMARTS) is 1. The number of likely N-dealkylation sites (tertiary alicyclic amines) is 1. The zero-order chi connectivity index (χ0) is 15.2. The zero-order valence-electron chi connectivity index (χ0n) is 11.3. The summed E-state index contributed by atoms with van der Waals surface area (Å²) in [7, 11) is 0. The van der Waals surface area contributed by atoms with Crippen molar-refractivity contribution in [3.63, 3.8) is 0 Å². The Kier molecular flexibility index (Phi) is 4.76. The number of ether oxygens (including phenoxy) is 1. The van der Waals surface area contributed by atoms with Crippen molar-refractivity contribution in [1.82, 2.24) is 10.2 Å². The van der Waals surface area contributed by atoms with Crippen LogP contribution in [0.25, 0.3) is 0 Å². The standard InChI is InChI=1S/C14H16N2O5.H2/c17-12(18)8-16-7-6-11(13(16)19)15-14(20)21-9-10-4-2-1-3-5-10;/h1-5,11H,6-9H2,(H,15,20)(H,17,18);1H/t11-;/m0./s1. The molecule has 1 aromatic carbocycles. The van der Waals surface area contributed by atoms with Crippen LogP contribution in [0.5, 0.6) is 0 Å². The van der Waals surface area contributed by atoms with E-state index in [1.807, 2.05) is 30.3 Å². The van der Waals surface area contributed by atoms with Gasteiger partial charge in [0.1, 0.15) is 19.2 Å². The van der Waals surface area contributed by atoms with Crippen molar-refractivity contribution in [3.05, 3.63) is 35.9 Å². The van der Waals surface area contributed by atoms with Gasteiger partial charge in [0.15, 0.2) is 0 Å². The molecule has 1 atom stereocenters. The molecule has 7 nitrogen and oxygen atoms in total. The number of amides is 2. The van der Waals surface area contributed by atoms with Crippen molar-refractivity contribution < 1.29 is 25.7 Å². The van der Waals surface area contributed by atoms with Crippen molar-refractivity contribution in [2.75, 3.05) is 13.1 Å². The van der Waals surface area contributed by atoms with Crippen molar-refractivity contribution >= 4 is 18.0 Å². The predicted octanol–water partition coefficient (Wildman–Crippen LogP) is 0.844. The van der Waals surface area contributed by atoms with Crippen molar-refractivity contribution in [3.8, 4) is 0 Å². The Balaban J connectivity index is 0.00000242. The third-order valence-corrected chi connectivity index (χ3v) is 3.13. The van der Waals surface area contributed by atoms with Gasteiger partial charge >= 0.3 is 12.1 Å². The van der Waals surface area contributed by atoms with Gasteiger partial charge in [0.25, 0.3) is 0 Å². The van der Waals surface area contributed by atoms with Crippen LogP contribution in [0.15, 0.2) is 30.3 Å². The highest BCUT2D eigenvalue weighted by Gasteiger charge is 2.33. The van der Waals surface area contributed by atoms with E-state index in [1.54, 1.807) is 0 Å². The number of nitrogens with zero attached hydrogens (tertiary/aromatic N) is 1. The highest BCUT2D eigenvalue weighted by atomic mass is 16.5. The van der Waals surface area contributed by atoms with Crippen LogP contribution in [0.4, 0.5) is 4.79 Å². The minimum Gasteiger partial charge on any atom is -0.480 e. The van der Waals surface area contributed by atoms with Crippen LogP contribution >= 0.6 is 0 Å². The second-order valence-corrected chi connectivity index (χ2v) is 4.70. The van der Waals surface area contributed by atoms with E-state index in [0.717, 1.165) is 5.56 Å². The summed E-state index contributed by atoms with van der Waals surface area (Å²) in [6, 6.07) is 8.46. The Bertz CT molecular complexity index is 537. The molecule has 2 N–H and O–H groups in total. The van der Waals surface area contributed by atoms with Gasteiger partial charge in [-0.25, -0.2) is 4.79 Å². The molecule has 0 bridgehead atoms. The predicted molar refractivity (Wildman–Crippen MR) is 74.5 cm³/mol. The first-order valence-corrected chi connectivity index (χ1v) is 6.54. The number of carbonyl (C=O) groups excluding carboxylic acids is 2. The minimum atomic E-state index is -1.07. The molecule has 1 heterocycles. The first-order valence-electron chi connectivity index (χ1n) is 6.54. The average Bonchev–Trinajstić information content (AvgIpc) is 2.79. The Morgan fingerprint density at radius 2 is 2.10 bits per heavy atom. The number of nitrogens with one attached hydrogen (secondary N) is 1. The van der Waals surface area contributed by atoms with E-state index in [0.29, 0.717) is 13.0 Å². The molecule has 1 aliphatic rings. The highest BCUT2D eigenvalue weighted by molar-refractivity contribution is 5.89. The van der Waals surface area contributed by atoms with Gasteiger partial charge in [-0.2, -0.15) is 0 Å². The first kappa shape index (κ1) is 14.8. The molecule has 0 unspecified atom stereocenters. The van der Waals surface area contributed by atoms with E-state index in [9.17, 15) is 14.4 Å². The Morgan fingerprint density at radius 3 is 2.76 bits per heavy atom. The monoisotopic (exact) mass is 294 g/mol. The number of hydrogen-bond donors (Lipinski definition) is 2. The summed E-state index contributed by atoms with van der Waals surface area (Å²) in [6.07, 6.45) is -0.304. The van der Waals surface area contributed by atoms with Crippen LogP contribution < -0.4 is 5.32 Å². The van der Waals surface area contributed by atoms with Gasteiger partial charge in [-0.15, -0.1) is 0 Å². The molecule has 0 aliphatic carbocycles. The summed E-state index contributed by atoms with van der Waals surface area (Å²) in [6.45, 7) is 0.0806. The van der Waals surface area contributed by atoms with Gasteiger partial charge in [-0.05, 0) is 12.0 Å². The molecule has 1 aromatic rings. The van der Waals surface area contributed by atoms with Crippen LogP contribution in [0, 0.1) is 0 Å². The van der Waals surface area contributed by atoms with E-state index in [4.69, 9.17) is 9.84 Å². The van der Waals surface area contributed by atoms with Gasteiger partial charge in [-0.3, -0.25) is 9.59 Å². The Morgan fingerprint density at radius 1 is 1.38 bits per heavy atom. The second kappa shape index (κ2) is 6.74. The Labute approximate surface area is 123 Å². The first-order chi connectivity index (χ1) is 10.1. The molecular formula is C14H18N2O5. The molecule has 7 heteroatoms. The molecule has 0 spiro atoms. The van der Waals surface area contributed by atoms with Gasteiger partial charge in [0.05, 0.1) is 0 Å². The van der Waals surface area contributed by atoms with Crippen molar-refractivity contribution in [2.45, 2.75) is 19.1 Å². The number of rotatable bonds is 5. The van der Waals surface area contributed by atoms with Crippen LogP contribution in [-0.2, 0) is 20.9 Å². The largest absolute Gasteiger partial charge is 0.480 e. The molecule has 0 radical (unpaired) electrons. The maximum atomic E-state index is 11.8. The topological polar surface area (TPSA) is 95.9 Å². The maximum absolute atomic E-state index is 11.8. The van der Waals surface area contributed by atoms with Crippen LogP contribution in [0.2, 0.25) is 0 Å². The summed E-state index contributed by atoms with van der Waals surface area (Å²) in [4.78, 5) is 35.3. The molecular weight excluding hydrogens is 276 g/mol. The number of hydrogen-bond acceptors (Lipinski definition) is 4. The van der Waals surface area contributed by atoms with E-state index in [2.05, 4.69) is 5.32 Å². The van der Waals surface area contributed by atoms with Gasteiger partial charge in [0.2, 0.25) is 5.91 Å². The summed E-state index contributed by atoms with van der Waals surface area (Å²) in [5.41, 5.74) is 0.845. The molecule has 2 rings (SSSR count). The second-order valence-electron chi connectivity index (χ2n) is 4.70. The van der Waals surface area contributed by atoms with E-state index >= 15 is 0 Å². The molecule has 1 saturated heterocycles. The van der Waals surface area contributed by atoms with Crippen LogP contribution in [-0.4, -0.2) is 47.1 Å². The van der Waals surface area contributed by atoms with Gasteiger partial charge in [-0.1, -0.05) is 30.3 Å². The molecule has 2 amide bonds. The van der Waals surface area contributed by atoms with Crippen molar-refractivity contribution in [1.29, 1.82) is 0 Å². The van der Waals surface area contributed by atoms with E-state index in [1.165, 1.54) is 4.90 Å². The smallest absolute Gasteiger partial charge is 0.408 e. The van der Waals surface area contributed by atoms with Crippen molar-refractivity contribution in [2.24, 2.45) is 0 Å². The fourth-order valence-electron chi connectivity index (χ4n) is 2.10. The zero-order valence-corrected chi connectivity index (χ0v) is 11.3. The average molecular weight is 294 g/mol. The molecule has 0 saturated carbocycles. The molecule has 114 valence electrons. The number of alkyl carbamates (subject to hydrolysis) is 1. The highest BCUT2D eigenvalue weighted by Crippen LogP contribution is 2.11. The summed E-state index contributed by atoms with van der Waals surface area (Å²) in [5.74, 6) is -1.47. The van der Waals surface area contributed by atoms with E-state index in [-0.39, 0.29) is 14.6 Å². The fraction of sp³-hybridized carbons (Fsp3) is 0.357. The minimum absolute atomic E-state index is 0. The molecule has 21 heavy (non-hydrogen) atoms. The third kappa shape index (κ3) is 4.20. The number of carbonyl (C=O) groups is 3. The lowest BCUT2D eigenvalue weighted by atomic mass is 10.2.